The molecule has 0 atom stereocenters. The largest absolute Gasteiger partial charge is 0.366 e. The van der Waals surface area contributed by atoms with Crippen LogP contribution in [-0.2, 0) is 16.0 Å². The van der Waals surface area contributed by atoms with Crippen molar-refractivity contribution in [3.63, 3.8) is 0 Å². The predicted molar refractivity (Wildman–Crippen MR) is 112 cm³/mol. The molecule has 1 aromatic rings. The van der Waals surface area contributed by atoms with Crippen molar-refractivity contribution in [1.82, 2.24) is 4.90 Å². The highest BCUT2D eigenvalue weighted by Gasteiger charge is 2.40. The van der Waals surface area contributed by atoms with Crippen LogP contribution in [0.5, 0.6) is 0 Å². The van der Waals surface area contributed by atoms with Gasteiger partial charge < -0.3 is 10.6 Å². The Labute approximate surface area is 172 Å². The average Bonchev–Trinajstić information content (AvgIpc) is 2.95. The van der Waals surface area contributed by atoms with Gasteiger partial charge in [0.1, 0.15) is 5.78 Å². The van der Waals surface area contributed by atoms with E-state index in [4.69, 9.17) is 5.73 Å². The molecule has 2 heterocycles. The van der Waals surface area contributed by atoms with Gasteiger partial charge in [-0.2, -0.15) is 0 Å². The van der Waals surface area contributed by atoms with E-state index in [-0.39, 0.29) is 11.8 Å². The van der Waals surface area contributed by atoms with Crippen LogP contribution in [0.25, 0.3) is 0 Å². The molecule has 1 saturated heterocycles. The Morgan fingerprint density at radius 2 is 1.86 bits per heavy atom. The lowest BCUT2D eigenvalue weighted by molar-refractivity contribution is -0.130. The molecule has 2 fully saturated rings. The molecule has 0 radical (unpaired) electrons. The molecule has 156 valence electrons. The first kappa shape index (κ1) is 20.1. The highest BCUT2D eigenvalue weighted by Crippen LogP contribution is 2.45. The van der Waals surface area contributed by atoms with Crippen LogP contribution in [0.1, 0.15) is 55.5 Å². The standard InChI is InChI=1S/C23H31N3O3/c1-23(2)11-18(12-23)20(27)14-25-7-5-15(6-8-25)13-26-19-4-3-16(22(24)29)9-17(19)10-21(26)28/h3-4,9,15,18H,5-8,10-14H2,1-2H3,(H2,24,29). The van der Waals surface area contributed by atoms with Gasteiger partial charge in [-0.05, 0) is 73.9 Å². The van der Waals surface area contributed by atoms with Gasteiger partial charge in [-0.3, -0.25) is 19.3 Å². The Morgan fingerprint density at radius 3 is 2.48 bits per heavy atom. The number of Topliss-reactive ketones (excluding diaryl/α,β-unsaturated/α-hetero) is 1. The fourth-order valence-electron chi connectivity index (χ4n) is 5.17. The number of benzene rings is 1. The number of piperidine rings is 1. The lowest BCUT2D eigenvalue weighted by Gasteiger charge is -2.42. The fourth-order valence-corrected chi connectivity index (χ4v) is 5.17. The lowest BCUT2D eigenvalue weighted by atomic mass is 9.63. The minimum absolute atomic E-state index is 0.0897. The van der Waals surface area contributed by atoms with Gasteiger partial charge in [0.15, 0.2) is 0 Å². The molecular weight excluding hydrogens is 366 g/mol. The number of fused-ring (bicyclic) bond motifs is 1. The van der Waals surface area contributed by atoms with Gasteiger partial charge >= 0.3 is 0 Å². The first-order valence-electron chi connectivity index (χ1n) is 10.7. The van der Waals surface area contributed by atoms with Crippen molar-refractivity contribution >= 4 is 23.3 Å². The Balaban J connectivity index is 1.29. The van der Waals surface area contributed by atoms with Gasteiger partial charge in [0.25, 0.3) is 0 Å². The van der Waals surface area contributed by atoms with Gasteiger partial charge in [-0.15, -0.1) is 0 Å². The number of hydrogen-bond acceptors (Lipinski definition) is 4. The van der Waals surface area contributed by atoms with Crippen LogP contribution < -0.4 is 10.6 Å². The van der Waals surface area contributed by atoms with Crippen molar-refractivity contribution in [2.45, 2.75) is 46.0 Å². The molecule has 2 amide bonds. The number of primary amides is 1. The van der Waals surface area contributed by atoms with E-state index in [2.05, 4.69) is 18.7 Å². The smallest absolute Gasteiger partial charge is 0.248 e. The second-order valence-corrected chi connectivity index (χ2v) is 9.84. The molecule has 1 saturated carbocycles. The summed E-state index contributed by atoms with van der Waals surface area (Å²) in [5.74, 6) is 0.719. The Hall–Kier alpha value is -2.21. The summed E-state index contributed by atoms with van der Waals surface area (Å²) in [5, 5.41) is 0. The van der Waals surface area contributed by atoms with Gasteiger partial charge in [0.2, 0.25) is 11.8 Å². The van der Waals surface area contributed by atoms with Crippen molar-refractivity contribution < 1.29 is 14.4 Å². The number of ketones is 1. The number of anilines is 1. The molecule has 0 aromatic heterocycles. The van der Waals surface area contributed by atoms with Crippen LogP contribution in [0.2, 0.25) is 0 Å². The molecule has 29 heavy (non-hydrogen) atoms. The summed E-state index contributed by atoms with van der Waals surface area (Å²) in [6, 6.07) is 5.28. The topological polar surface area (TPSA) is 83.7 Å². The van der Waals surface area contributed by atoms with E-state index in [0.29, 0.717) is 42.2 Å². The van der Waals surface area contributed by atoms with Gasteiger partial charge in [0.05, 0.1) is 13.0 Å². The van der Waals surface area contributed by atoms with E-state index in [0.717, 1.165) is 50.0 Å². The summed E-state index contributed by atoms with van der Waals surface area (Å²) in [5.41, 5.74) is 7.93. The Morgan fingerprint density at radius 1 is 1.17 bits per heavy atom. The monoisotopic (exact) mass is 397 g/mol. The molecule has 6 nitrogen and oxygen atoms in total. The van der Waals surface area contributed by atoms with Crippen LogP contribution in [0.4, 0.5) is 5.69 Å². The zero-order valence-electron chi connectivity index (χ0n) is 17.4. The molecule has 0 bridgehead atoms. The summed E-state index contributed by atoms with van der Waals surface area (Å²) < 4.78 is 0. The Kier molecular flexibility index (Phi) is 5.23. The maximum absolute atomic E-state index is 12.5. The second-order valence-electron chi connectivity index (χ2n) is 9.84. The van der Waals surface area contributed by atoms with E-state index < -0.39 is 5.91 Å². The summed E-state index contributed by atoms with van der Waals surface area (Å²) in [6.07, 6.45) is 4.39. The van der Waals surface area contributed by atoms with Crippen molar-refractivity contribution in [2.24, 2.45) is 23.0 Å². The first-order valence-corrected chi connectivity index (χ1v) is 10.7. The van der Waals surface area contributed by atoms with Crippen molar-refractivity contribution in [2.75, 3.05) is 31.1 Å². The third-order valence-electron chi connectivity index (χ3n) is 6.88. The third kappa shape index (κ3) is 4.22. The van der Waals surface area contributed by atoms with Crippen LogP contribution in [0.15, 0.2) is 18.2 Å². The molecule has 4 rings (SSSR count). The normalized spacial score (nSPS) is 22.4. The first-order chi connectivity index (χ1) is 13.7. The second kappa shape index (κ2) is 7.56. The highest BCUT2D eigenvalue weighted by atomic mass is 16.2. The van der Waals surface area contributed by atoms with Gasteiger partial charge in [-0.25, -0.2) is 0 Å². The maximum atomic E-state index is 12.5. The van der Waals surface area contributed by atoms with E-state index in [1.807, 2.05) is 11.0 Å². The molecular formula is C23H31N3O3. The van der Waals surface area contributed by atoms with E-state index in [1.54, 1.807) is 12.1 Å². The summed E-state index contributed by atoms with van der Waals surface area (Å²) in [6.45, 7) is 7.59. The van der Waals surface area contributed by atoms with Crippen LogP contribution >= 0.6 is 0 Å². The minimum Gasteiger partial charge on any atom is -0.366 e. The average molecular weight is 398 g/mol. The molecule has 0 unspecified atom stereocenters. The minimum atomic E-state index is -0.467. The van der Waals surface area contributed by atoms with Crippen molar-refractivity contribution in [3.05, 3.63) is 29.3 Å². The molecule has 0 spiro atoms. The summed E-state index contributed by atoms with van der Waals surface area (Å²) >= 11 is 0. The third-order valence-corrected chi connectivity index (χ3v) is 6.88. The molecule has 1 aromatic carbocycles. The Bertz CT molecular complexity index is 832. The zero-order chi connectivity index (χ0) is 20.8. The van der Waals surface area contributed by atoms with Crippen molar-refractivity contribution in [3.8, 4) is 0 Å². The molecule has 3 aliphatic rings. The van der Waals surface area contributed by atoms with Crippen molar-refractivity contribution in [1.29, 1.82) is 0 Å². The number of carbonyl (C=O) groups is 3. The molecule has 6 heteroatoms. The van der Waals surface area contributed by atoms with Crippen LogP contribution in [0, 0.1) is 17.3 Å². The molecule has 2 N–H and O–H groups in total. The number of amides is 2. The highest BCUT2D eigenvalue weighted by molar-refractivity contribution is 6.03. The van der Waals surface area contributed by atoms with E-state index in [1.165, 1.54) is 0 Å². The summed E-state index contributed by atoms with van der Waals surface area (Å²) in [4.78, 5) is 40.5. The molecule has 2 aliphatic heterocycles. The van der Waals surface area contributed by atoms with E-state index in [9.17, 15) is 14.4 Å². The van der Waals surface area contributed by atoms with Gasteiger partial charge in [0, 0.05) is 23.7 Å². The van der Waals surface area contributed by atoms with Gasteiger partial charge in [-0.1, -0.05) is 13.8 Å². The number of carbonyl (C=O) groups excluding carboxylic acids is 3. The fraction of sp³-hybridized carbons (Fsp3) is 0.609. The number of hydrogen-bond donors (Lipinski definition) is 1. The van der Waals surface area contributed by atoms with Crippen LogP contribution in [-0.4, -0.2) is 48.7 Å². The van der Waals surface area contributed by atoms with Crippen LogP contribution in [0.3, 0.4) is 0 Å². The zero-order valence-corrected chi connectivity index (χ0v) is 17.4. The van der Waals surface area contributed by atoms with E-state index >= 15 is 0 Å². The number of likely N-dealkylation sites (tertiary alicyclic amines) is 1. The quantitative estimate of drug-likeness (QED) is 0.799. The maximum Gasteiger partial charge on any atom is 0.248 e. The predicted octanol–water partition coefficient (Wildman–Crippen LogP) is 2.39. The summed E-state index contributed by atoms with van der Waals surface area (Å²) in [7, 11) is 0. The SMILES string of the molecule is CC1(C)CC(C(=O)CN2CCC(CN3C(=O)Cc4cc(C(N)=O)ccc43)CC2)C1. The number of nitrogens with zero attached hydrogens (tertiary/aromatic N) is 2. The number of rotatable bonds is 6. The number of nitrogens with two attached hydrogens (primary N) is 1. The lowest BCUT2D eigenvalue weighted by Crippen LogP contribution is -2.45. The molecule has 1 aliphatic carbocycles.